The highest BCUT2D eigenvalue weighted by atomic mass is 16.3. The second kappa shape index (κ2) is 8.91. The summed E-state index contributed by atoms with van der Waals surface area (Å²) in [4.78, 5) is 14.2. The lowest BCUT2D eigenvalue weighted by atomic mass is 10.1. The van der Waals surface area contributed by atoms with Crippen LogP contribution in [-0.2, 0) is 0 Å². The van der Waals surface area contributed by atoms with Crippen LogP contribution in [0.4, 0.5) is 17.6 Å². The molecule has 2 saturated heterocycles. The van der Waals surface area contributed by atoms with Crippen LogP contribution in [0, 0.1) is 0 Å². The van der Waals surface area contributed by atoms with Crippen LogP contribution >= 0.6 is 0 Å². The first kappa shape index (κ1) is 18.5. The lowest BCUT2D eigenvalue weighted by Crippen LogP contribution is -2.33. The number of nitrogens with zero attached hydrogens (tertiary/aromatic N) is 5. The summed E-state index contributed by atoms with van der Waals surface area (Å²) in [6.45, 7) is 4.12. The Labute approximate surface area is 166 Å². The first-order valence-electron chi connectivity index (χ1n) is 10.2. The number of hydrogen-bond donors (Lipinski definition) is 2. The Morgan fingerprint density at radius 2 is 1.50 bits per heavy atom. The molecule has 7 heteroatoms. The molecule has 2 fully saturated rings. The maximum absolute atomic E-state index is 9.38. The Morgan fingerprint density at radius 1 is 0.857 bits per heavy atom. The molecule has 4 rings (SSSR count). The summed E-state index contributed by atoms with van der Waals surface area (Å²) in [5, 5.41) is 13.7. The normalized spacial score (nSPS) is 17.9. The summed E-state index contributed by atoms with van der Waals surface area (Å²) >= 11 is 0. The van der Waals surface area contributed by atoms with Gasteiger partial charge in [-0.3, -0.25) is 5.43 Å². The third-order valence-electron chi connectivity index (χ3n) is 5.31. The SMILES string of the molecule is Oc1ccc(C=NNc2cc(N3CCCCC3)nc(N3CCCCC3)n2)cc1. The number of anilines is 3. The first-order chi connectivity index (χ1) is 13.8. The van der Waals surface area contributed by atoms with Crippen molar-refractivity contribution in [3.8, 4) is 5.75 Å². The first-order valence-corrected chi connectivity index (χ1v) is 10.2. The fourth-order valence-electron chi connectivity index (χ4n) is 3.73. The van der Waals surface area contributed by atoms with Crippen LogP contribution in [-0.4, -0.2) is 47.5 Å². The van der Waals surface area contributed by atoms with Crippen LogP contribution in [0.25, 0.3) is 0 Å². The molecule has 0 saturated carbocycles. The van der Waals surface area contributed by atoms with E-state index in [1.165, 1.54) is 38.5 Å². The molecule has 3 heterocycles. The molecule has 2 N–H and O–H groups in total. The van der Waals surface area contributed by atoms with E-state index in [0.29, 0.717) is 5.82 Å². The van der Waals surface area contributed by atoms with Crippen molar-refractivity contribution in [1.29, 1.82) is 0 Å². The standard InChI is InChI=1S/C21H28N6O/c28-18-9-7-17(8-10-18)16-22-25-19-15-20(26-11-3-1-4-12-26)24-21(23-19)27-13-5-2-6-14-27/h7-10,15-16,28H,1-6,11-14H2,(H,23,24,25). The van der Waals surface area contributed by atoms with E-state index < -0.39 is 0 Å². The zero-order chi connectivity index (χ0) is 19.2. The third kappa shape index (κ3) is 4.71. The number of hydrogen-bond acceptors (Lipinski definition) is 7. The molecule has 0 unspecified atom stereocenters. The van der Waals surface area contributed by atoms with Crippen molar-refractivity contribution in [3.63, 3.8) is 0 Å². The predicted octanol–water partition coefficient (Wildman–Crippen LogP) is 3.61. The molecule has 1 aromatic heterocycles. The van der Waals surface area contributed by atoms with Crippen molar-refractivity contribution in [2.24, 2.45) is 5.10 Å². The summed E-state index contributed by atoms with van der Waals surface area (Å²) in [5.74, 6) is 2.74. The third-order valence-corrected chi connectivity index (χ3v) is 5.31. The van der Waals surface area contributed by atoms with E-state index in [1.54, 1.807) is 18.3 Å². The lowest BCUT2D eigenvalue weighted by Gasteiger charge is -2.31. The summed E-state index contributed by atoms with van der Waals surface area (Å²) in [7, 11) is 0. The highest BCUT2D eigenvalue weighted by Crippen LogP contribution is 2.25. The number of aromatic hydroxyl groups is 1. The lowest BCUT2D eigenvalue weighted by molar-refractivity contribution is 0.475. The molecule has 0 aliphatic carbocycles. The zero-order valence-electron chi connectivity index (χ0n) is 16.2. The molecule has 148 valence electrons. The van der Waals surface area contributed by atoms with Gasteiger partial charge in [0.25, 0.3) is 0 Å². The van der Waals surface area contributed by atoms with Crippen LogP contribution in [0.2, 0.25) is 0 Å². The van der Waals surface area contributed by atoms with Crippen molar-refractivity contribution in [2.75, 3.05) is 41.4 Å². The fourth-order valence-corrected chi connectivity index (χ4v) is 3.73. The molecule has 0 amide bonds. The van der Waals surface area contributed by atoms with Crippen molar-refractivity contribution in [3.05, 3.63) is 35.9 Å². The number of benzene rings is 1. The molecule has 0 radical (unpaired) electrons. The number of phenols is 1. The van der Waals surface area contributed by atoms with Gasteiger partial charge in [-0.25, -0.2) is 0 Å². The number of phenolic OH excluding ortho intramolecular Hbond substituents is 1. The minimum atomic E-state index is 0.248. The molecule has 7 nitrogen and oxygen atoms in total. The van der Waals surface area contributed by atoms with Crippen LogP contribution in [0.1, 0.15) is 44.1 Å². The molecular formula is C21H28N6O. The number of aromatic nitrogens is 2. The number of piperidine rings is 2. The molecule has 1 aromatic carbocycles. The molecular weight excluding hydrogens is 352 g/mol. The fraction of sp³-hybridized carbons (Fsp3) is 0.476. The second-order valence-corrected chi connectivity index (χ2v) is 7.47. The summed E-state index contributed by atoms with van der Waals surface area (Å²) in [6.07, 6.45) is 9.11. The zero-order valence-corrected chi connectivity index (χ0v) is 16.2. The van der Waals surface area contributed by atoms with Gasteiger partial charge < -0.3 is 14.9 Å². The maximum Gasteiger partial charge on any atom is 0.229 e. The van der Waals surface area contributed by atoms with Crippen molar-refractivity contribution in [2.45, 2.75) is 38.5 Å². The molecule has 0 spiro atoms. The minimum Gasteiger partial charge on any atom is -0.508 e. The van der Waals surface area contributed by atoms with Crippen molar-refractivity contribution < 1.29 is 5.11 Å². The predicted molar refractivity (Wildman–Crippen MR) is 113 cm³/mol. The van der Waals surface area contributed by atoms with Crippen molar-refractivity contribution >= 4 is 23.8 Å². The Kier molecular flexibility index (Phi) is 5.89. The Morgan fingerprint density at radius 3 is 2.18 bits per heavy atom. The van der Waals surface area contributed by atoms with Gasteiger partial charge in [0.15, 0.2) is 5.82 Å². The molecule has 28 heavy (non-hydrogen) atoms. The topological polar surface area (TPSA) is 76.9 Å². The van der Waals surface area contributed by atoms with Gasteiger partial charge >= 0.3 is 0 Å². The highest BCUT2D eigenvalue weighted by molar-refractivity contribution is 5.80. The number of nitrogens with one attached hydrogen (secondary N) is 1. The van der Waals surface area contributed by atoms with E-state index in [1.807, 2.05) is 18.2 Å². The smallest absolute Gasteiger partial charge is 0.229 e. The Bertz CT molecular complexity index is 759. The minimum absolute atomic E-state index is 0.248. The van der Waals surface area contributed by atoms with Gasteiger partial charge in [-0.05, 0) is 68.4 Å². The maximum atomic E-state index is 9.38. The molecule has 0 bridgehead atoms. The van der Waals surface area contributed by atoms with Gasteiger partial charge in [-0.1, -0.05) is 0 Å². The van der Waals surface area contributed by atoms with Gasteiger partial charge in [-0.2, -0.15) is 15.1 Å². The molecule has 2 aliphatic rings. The summed E-state index contributed by atoms with van der Waals surface area (Å²) < 4.78 is 0. The van der Waals surface area contributed by atoms with Crippen LogP contribution in [0.3, 0.4) is 0 Å². The average molecular weight is 380 g/mol. The largest absolute Gasteiger partial charge is 0.508 e. The van der Waals surface area contributed by atoms with Gasteiger partial charge in [0.1, 0.15) is 11.6 Å². The van der Waals surface area contributed by atoms with E-state index in [4.69, 9.17) is 9.97 Å². The van der Waals surface area contributed by atoms with Gasteiger partial charge in [0.2, 0.25) is 5.95 Å². The van der Waals surface area contributed by atoms with E-state index in [9.17, 15) is 5.11 Å². The van der Waals surface area contributed by atoms with E-state index in [-0.39, 0.29) is 5.75 Å². The number of rotatable bonds is 5. The highest BCUT2D eigenvalue weighted by Gasteiger charge is 2.19. The Balaban J connectivity index is 1.54. The summed E-state index contributed by atoms with van der Waals surface area (Å²) in [6, 6.07) is 8.93. The van der Waals surface area contributed by atoms with Crippen LogP contribution in [0.15, 0.2) is 35.4 Å². The second-order valence-electron chi connectivity index (χ2n) is 7.47. The van der Waals surface area contributed by atoms with E-state index in [0.717, 1.165) is 43.5 Å². The molecule has 2 aliphatic heterocycles. The van der Waals surface area contributed by atoms with Crippen LogP contribution < -0.4 is 15.2 Å². The summed E-state index contributed by atoms with van der Waals surface area (Å²) in [5.41, 5.74) is 3.98. The van der Waals surface area contributed by atoms with E-state index in [2.05, 4.69) is 20.3 Å². The van der Waals surface area contributed by atoms with Gasteiger partial charge in [-0.15, -0.1) is 0 Å². The number of hydrazone groups is 1. The Hall–Kier alpha value is -2.83. The van der Waals surface area contributed by atoms with Gasteiger partial charge in [0, 0.05) is 32.2 Å². The van der Waals surface area contributed by atoms with E-state index >= 15 is 0 Å². The molecule has 2 aromatic rings. The monoisotopic (exact) mass is 380 g/mol. The molecule has 0 atom stereocenters. The quantitative estimate of drug-likeness (QED) is 0.610. The van der Waals surface area contributed by atoms with Crippen LogP contribution in [0.5, 0.6) is 5.75 Å². The average Bonchev–Trinajstić information content (AvgIpc) is 2.76. The van der Waals surface area contributed by atoms with Crippen molar-refractivity contribution in [1.82, 2.24) is 9.97 Å². The van der Waals surface area contributed by atoms with Gasteiger partial charge in [0.05, 0.1) is 6.21 Å².